The van der Waals surface area contributed by atoms with Crippen LogP contribution in [0.1, 0.15) is 254 Å². The molecule has 2 aromatic heterocycles. The average molecular weight is 1490 g/mol. The van der Waals surface area contributed by atoms with Crippen molar-refractivity contribution in [3.05, 3.63) is 351 Å². The van der Waals surface area contributed by atoms with Crippen molar-refractivity contribution in [3.8, 4) is 44.5 Å². The van der Waals surface area contributed by atoms with Gasteiger partial charge in [0.2, 0.25) is 0 Å². The number of unbranched alkanes of at least 4 members (excludes halogenated alkanes) is 16. The molecule has 114 heavy (non-hydrogen) atoms. The van der Waals surface area contributed by atoms with Crippen LogP contribution in [0.4, 0.5) is 17.1 Å². The van der Waals surface area contributed by atoms with Crippen molar-refractivity contribution in [2.24, 2.45) is 0 Å². The second kappa shape index (κ2) is 30.9. The Morgan fingerprint density at radius 2 is 0.667 bits per heavy atom. The van der Waals surface area contributed by atoms with E-state index in [4.69, 9.17) is 8.83 Å². The Kier molecular flexibility index (Phi) is 19.9. The minimum absolute atomic E-state index is 0.184. The highest BCUT2D eigenvalue weighted by Gasteiger charge is 2.56. The zero-order valence-electron chi connectivity index (χ0n) is 67.8. The van der Waals surface area contributed by atoms with Crippen molar-refractivity contribution in [1.29, 1.82) is 0 Å². The van der Waals surface area contributed by atoms with E-state index >= 15 is 0 Å². The summed E-state index contributed by atoms with van der Waals surface area (Å²) < 4.78 is 14.6. The number of benzene rings is 13. The van der Waals surface area contributed by atoms with Crippen LogP contribution in [-0.2, 0) is 21.7 Å². The van der Waals surface area contributed by atoms with Gasteiger partial charge in [-0.3, -0.25) is 0 Å². The van der Waals surface area contributed by atoms with Gasteiger partial charge in [0.05, 0.1) is 10.8 Å². The smallest absolute Gasteiger partial charge is 0.144 e. The standard InChI is InChI=1S/C111H109NO2/c1-6-10-14-18-40-68-108(69-41-19-15-11-7-2)91-55-37-34-52-85(91)104-106(108)105-102(103-88-54-36-39-57-98(88)114-107(103)104)86-65-63-82(72-93(86)109(105,70-42-20-16-12-8-3)71-43-21-17-13-9-4)112(81-60-58-76(5)59-61-81)83-62-64-84-89-74-96-90(75-95(89)111(94(84)73-83,79-48-30-24-31-49-79)80-50-32-25-33-51-80)100-92(66-67-99-101(100)87-53-35-38-56-97(87)113-99)110(96,77-44-26-22-27-45-77)78-46-28-23-29-47-78/h22-39,44-67,72-75H,6-21,40-43,68-71H2,1-5H3. The molecule has 0 saturated carbocycles. The first-order valence-electron chi connectivity index (χ1n) is 44.0. The predicted molar refractivity (Wildman–Crippen MR) is 481 cm³/mol. The number of hydrogen-bond donors (Lipinski definition) is 0. The maximum atomic E-state index is 7.65. The molecule has 3 nitrogen and oxygen atoms in total. The van der Waals surface area contributed by atoms with Crippen LogP contribution in [0.3, 0.4) is 0 Å². The summed E-state index contributed by atoms with van der Waals surface area (Å²) in [7, 11) is 0. The number of furan rings is 2. The number of hydrogen-bond acceptors (Lipinski definition) is 3. The number of nitrogens with zero attached hydrogens (tertiary/aromatic N) is 1. The zero-order chi connectivity index (χ0) is 77.0. The molecule has 0 N–H and O–H groups in total. The molecule has 15 aromatic rings. The van der Waals surface area contributed by atoms with Crippen molar-refractivity contribution in [1.82, 2.24) is 0 Å². The molecule has 3 heteroatoms. The van der Waals surface area contributed by atoms with Crippen LogP contribution in [-0.4, -0.2) is 0 Å². The first-order chi connectivity index (χ1) is 56.3. The van der Waals surface area contributed by atoms with E-state index in [1.165, 1.54) is 245 Å². The Bertz CT molecular complexity index is 5910. The van der Waals surface area contributed by atoms with Crippen molar-refractivity contribution in [3.63, 3.8) is 0 Å². The second-order valence-corrected chi connectivity index (χ2v) is 34.2. The monoisotopic (exact) mass is 1490 g/mol. The molecule has 0 unspecified atom stereocenters. The van der Waals surface area contributed by atoms with Crippen molar-refractivity contribution < 1.29 is 8.83 Å². The Morgan fingerprint density at radius 3 is 1.21 bits per heavy atom. The van der Waals surface area contributed by atoms with Gasteiger partial charge in [0, 0.05) is 55.0 Å². The summed E-state index contributed by atoms with van der Waals surface area (Å²) in [5, 5.41) is 4.85. The van der Waals surface area contributed by atoms with Gasteiger partial charge in [0.1, 0.15) is 22.3 Å². The molecule has 0 amide bonds. The molecule has 570 valence electrons. The molecular weight excluding hydrogens is 1380 g/mol. The lowest BCUT2D eigenvalue weighted by molar-refractivity contribution is 0.369. The summed E-state index contributed by atoms with van der Waals surface area (Å²) in [6, 6.07) is 108. The summed E-state index contributed by atoms with van der Waals surface area (Å²) in [6.45, 7) is 11.7. The van der Waals surface area contributed by atoms with E-state index in [0.717, 1.165) is 70.2 Å². The first-order valence-corrected chi connectivity index (χ1v) is 44.0. The summed E-state index contributed by atoms with van der Waals surface area (Å²) in [6.07, 6.45) is 29.4. The van der Waals surface area contributed by atoms with E-state index in [-0.39, 0.29) is 10.8 Å². The van der Waals surface area contributed by atoms with Crippen LogP contribution in [0.2, 0.25) is 0 Å². The lowest BCUT2D eigenvalue weighted by Gasteiger charge is -2.40. The van der Waals surface area contributed by atoms with Crippen molar-refractivity contribution in [2.75, 3.05) is 4.90 Å². The minimum Gasteiger partial charge on any atom is -0.456 e. The maximum Gasteiger partial charge on any atom is 0.144 e. The van der Waals surface area contributed by atoms with Gasteiger partial charge in [0.15, 0.2) is 0 Å². The lowest BCUT2D eigenvalue weighted by Crippen LogP contribution is -2.33. The van der Waals surface area contributed by atoms with Crippen LogP contribution < -0.4 is 4.90 Å². The van der Waals surface area contributed by atoms with Gasteiger partial charge >= 0.3 is 0 Å². The van der Waals surface area contributed by atoms with Crippen LogP contribution in [0.15, 0.2) is 288 Å². The summed E-state index contributed by atoms with van der Waals surface area (Å²) in [5.74, 6) is 0. The fourth-order valence-corrected chi connectivity index (χ4v) is 22.6. The summed E-state index contributed by atoms with van der Waals surface area (Å²) >= 11 is 0. The van der Waals surface area contributed by atoms with Crippen LogP contribution in [0.25, 0.3) is 88.4 Å². The normalized spacial score (nSPS) is 14.6. The van der Waals surface area contributed by atoms with Gasteiger partial charge in [-0.05, 0) is 205 Å². The van der Waals surface area contributed by atoms with Crippen LogP contribution >= 0.6 is 0 Å². The Hall–Kier alpha value is -10.7. The fourth-order valence-electron chi connectivity index (χ4n) is 22.6. The summed E-state index contributed by atoms with van der Waals surface area (Å²) in [5.41, 5.74) is 33.7. The highest BCUT2D eigenvalue weighted by Crippen LogP contribution is 2.69. The average Bonchev–Trinajstić information content (AvgIpc) is 1.50. The number of rotatable bonds is 31. The van der Waals surface area contributed by atoms with Gasteiger partial charge in [0.25, 0.3) is 0 Å². The molecule has 2 heterocycles. The molecule has 4 aliphatic rings. The van der Waals surface area contributed by atoms with Crippen molar-refractivity contribution >= 4 is 60.9 Å². The van der Waals surface area contributed by atoms with Gasteiger partial charge < -0.3 is 13.7 Å². The highest BCUT2D eigenvalue weighted by molar-refractivity contribution is 6.21. The number of aryl methyl sites for hydroxylation is 1. The molecule has 13 aromatic carbocycles. The SMILES string of the molecule is CCCCCCCC1(CCCCCCC)c2ccccc2-c2c1c1c(c3c2oc2ccccc23)-c2ccc(N(c3ccc(C)cc3)c3ccc4c(c3)C(c3ccccc3)(c3ccccc3)c3cc5c(cc3-4)C(c3ccccc3)(c3ccccc3)c3ccc4oc6ccccc6c4c3-5)cc2C1(CCCCCCC)CCCCCCC. The van der Waals surface area contributed by atoms with Crippen LogP contribution in [0.5, 0.6) is 0 Å². The summed E-state index contributed by atoms with van der Waals surface area (Å²) in [4.78, 5) is 2.66. The molecule has 4 aliphatic carbocycles. The zero-order valence-corrected chi connectivity index (χ0v) is 67.8. The van der Waals surface area contributed by atoms with Gasteiger partial charge in [-0.25, -0.2) is 0 Å². The van der Waals surface area contributed by atoms with Gasteiger partial charge in [-0.1, -0.05) is 374 Å². The Labute approximate surface area is 676 Å². The molecule has 0 fully saturated rings. The molecule has 0 atom stereocenters. The molecule has 19 rings (SSSR count). The van der Waals surface area contributed by atoms with Crippen LogP contribution in [0, 0.1) is 6.92 Å². The van der Waals surface area contributed by atoms with E-state index in [1.807, 2.05) is 0 Å². The predicted octanol–water partition coefficient (Wildman–Crippen LogP) is 32.0. The second-order valence-electron chi connectivity index (χ2n) is 34.2. The van der Waals surface area contributed by atoms with E-state index in [2.05, 4.69) is 319 Å². The first kappa shape index (κ1) is 73.4. The fraction of sp³-hybridized carbons (Fsp3) is 0.297. The van der Waals surface area contributed by atoms with E-state index in [1.54, 1.807) is 16.7 Å². The molecule has 0 spiro atoms. The Balaban J connectivity index is 0.881. The Morgan fingerprint density at radius 1 is 0.263 bits per heavy atom. The largest absolute Gasteiger partial charge is 0.456 e. The van der Waals surface area contributed by atoms with Gasteiger partial charge in [-0.2, -0.15) is 0 Å². The third-order valence-corrected chi connectivity index (χ3v) is 27.6. The topological polar surface area (TPSA) is 29.5 Å². The molecule has 0 saturated heterocycles. The molecule has 0 aliphatic heterocycles. The number of anilines is 3. The van der Waals surface area contributed by atoms with E-state index < -0.39 is 10.8 Å². The quantitative estimate of drug-likeness (QED) is 0.0406. The third-order valence-electron chi connectivity index (χ3n) is 27.6. The third kappa shape index (κ3) is 11.7. The van der Waals surface area contributed by atoms with E-state index in [0.29, 0.717) is 0 Å². The maximum absolute atomic E-state index is 7.65. The number of fused-ring (bicyclic) bond motifs is 22. The minimum atomic E-state index is -0.770. The molecular formula is C111H109NO2. The van der Waals surface area contributed by atoms with Gasteiger partial charge in [-0.15, -0.1) is 0 Å². The lowest BCUT2D eigenvalue weighted by atomic mass is 9.62. The number of para-hydroxylation sites is 2. The highest BCUT2D eigenvalue weighted by atomic mass is 16.3. The van der Waals surface area contributed by atoms with Crippen molar-refractivity contribution in [2.45, 2.75) is 210 Å². The molecule has 0 radical (unpaired) electrons. The molecule has 0 bridgehead atoms. The van der Waals surface area contributed by atoms with E-state index in [9.17, 15) is 0 Å².